The standard InChI is InChI=1S/C24H27N5/c1-14(2)17-6-4-16(5-7-17)13-29-15(3)12-19-21(29)11-10-20-22(19)23(25)28-24(27-20)26-18-8-9-18/h4-7,10-12,14,18H,8-9,13H2,1-3H3,(H3,25,26,27,28). The van der Waals surface area contributed by atoms with Crippen LogP contribution in [0.5, 0.6) is 0 Å². The van der Waals surface area contributed by atoms with Crippen LogP contribution in [0.25, 0.3) is 21.8 Å². The number of nitrogens with zero attached hydrogens (tertiary/aromatic N) is 3. The Labute approximate surface area is 171 Å². The van der Waals surface area contributed by atoms with Crippen LogP contribution < -0.4 is 11.1 Å². The lowest BCUT2D eigenvalue weighted by Crippen LogP contribution is -2.07. The third-order valence-corrected chi connectivity index (χ3v) is 5.88. The molecule has 1 fully saturated rings. The largest absolute Gasteiger partial charge is 0.383 e. The maximum absolute atomic E-state index is 6.38. The third-order valence-electron chi connectivity index (χ3n) is 5.88. The van der Waals surface area contributed by atoms with Crippen LogP contribution in [0.1, 0.15) is 49.4 Å². The molecule has 0 aliphatic heterocycles. The molecule has 5 rings (SSSR count). The fraction of sp³-hybridized carbons (Fsp3) is 0.333. The monoisotopic (exact) mass is 385 g/mol. The van der Waals surface area contributed by atoms with Gasteiger partial charge in [0.25, 0.3) is 0 Å². The molecular formula is C24H27N5. The molecule has 4 aromatic rings. The van der Waals surface area contributed by atoms with Gasteiger partial charge in [0.05, 0.1) is 10.9 Å². The summed E-state index contributed by atoms with van der Waals surface area (Å²) < 4.78 is 2.34. The maximum Gasteiger partial charge on any atom is 0.225 e. The molecule has 29 heavy (non-hydrogen) atoms. The second kappa shape index (κ2) is 6.76. The van der Waals surface area contributed by atoms with Gasteiger partial charge in [0.1, 0.15) is 5.82 Å². The summed E-state index contributed by atoms with van der Waals surface area (Å²) >= 11 is 0. The lowest BCUT2D eigenvalue weighted by molar-refractivity contribution is 0.801. The van der Waals surface area contributed by atoms with Crippen molar-refractivity contribution >= 4 is 33.6 Å². The number of nitrogens with two attached hydrogens (primary N) is 1. The lowest BCUT2D eigenvalue weighted by Gasteiger charge is -2.12. The molecule has 0 radical (unpaired) electrons. The number of aryl methyl sites for hydroxylation is 1. The van der Waals surface area contributed by atoms with Crippen LogP contribution in [-0.4, -0.2) is 20.6 Å². The number of hydrogen-bond acceptors (Lipinski definition) is 4. The average molecular weight is 386 g/mol. The SMILES string of the molecule is Cc1cc2c3c(N)nc(NC4CC4)nc3ccc2n1Cc1ccc(C(C)C)cc1. The molecule has 0 bridgehead atoms. The summed E-state index contributed by atoms with van der Waals surface area (Å²) in [5, 5.41) is 5.42. The van der Waals surface area contributed by atoms with E-state index in [2.05, 4.69) is 78.1 Å². The first-order valence-electron chi connectivity index (χ1n) is 10.4. The number of hydrogen-bond donors (Lipinski definition) is 2. The Morgan fingerprint density at radius 3 is 2.55 bits per heavy atom. The van der Waals surface area contributed by atoms with Crippen molar-refractivity contribution < 1.29 is 0 Å². The van der Waals surface area contributed by atoms with Gasteiger partial charge in [-0.2, -0.15) is 4.98 Å². The zero-order chi connectivity index (χ0) is 20.1. The third kappa shape index (κ3) is 3.31. The predicted molar refractivity (Wildman–Crippen MR) is 120 cm³/mol. The number of nitrogen functional groups attached to an aromatic ring is 1. The first kappa shape index (κ1) is 18.0. The van der Waals surface area contributed by atoms with Crippen LogP contribution in [0.2, 0.25) is 0 Å². The normalized spacial score (nSPS) is 14.2. The Bertz CT molecular complexity index is 1200. The average Bonchev–Trinajstić information content (AvgIpc) is 3.45. The van der Waals surface area contributed by atoms with E-state index in [0.29, 0.717) is 23.7 Å². The Morgan fingerprint density at radius 1 is 1.10 bits per heavy atom. The van der Waals surface area contributed by atoms with E-state index in [9.17, 15) is 0 Å². The number of anilines is 2. The van der Waals surface area contributed by atoms with Crippen molar-refractivity contribution in [3.8, 4) is 0 Å². The van der Waals surface area contributed by atoms with Gasteiger partial charge >= 0.3 is 0 Å². The summed E-state index contributed by atoms with van der Waals surface area (Å²) in [5.41, 5.74) is 12.3. The van der Waals surface area contributed by atoms with E-state index in [1.54, 1.807) is 0 Å². The lowest BCUT2D eigenvalue weighted by atomic mass is 10.0. The molecule has 0 atom stereocenters. The van der Waals surface area contributed by atoms with Gasteiger partial charge in [0.15, 0.2) is 0 Å². The van der Waals surface area contributed by atoms with E-state index < -0.39 is 0 Å². The fourth-order valence-electron chi connectivity index (χ4n) is 4.00. The highest BCUT2D eigenvalue weighted by atomic mass is 15.1. The van der Waals surface area contributed by atoms with Crippen molar-refractivity contribution in [2.45, 2.75) is 52.1 Å². The van der Waals surface area contributed by atoms with Crippen molar-refractivity contribution in [3.05, 3.63) is 59.3 Å². The van der Waals surface area contributed by atoms with Gasteiger partial charge in [-0.15, -0.1) is 0 Å². The Hall–Kier alpha value is -3.08. The first-order valence-corrected chi connectivity index (χ1v) is 10.4. The topological polar surface area (TPSA) is 68.8 Å². The zero-order valence-corrected chi connectivity index (χ0v) is 17.2. The minimum absolute atomic E-state index is 0.501. The van der Waals surface area contributed by atoms with Crippen molar-refractivity contribution in [2.75, 3.05) is 11.1 Å². The number of aromatic nitrogens is 3. The summed E-state index contributed by atoms with van der Waals surface area (Å²) in [6, 6.07) is 15.8. The molecular weight excluding hydrogens is 358 g/mol. The summed E-state index contributed by atoms with van der Waals surface area (Å²) in [5.74, 6) is 1.73. The molecule has 3 N–H and O–H groups in total. The van der Waals surface area contributed by atoms with Gasteiger partial charge in [-0.1, -0.05) is 38.1 Å². The van der Waals surface area contributed by atoms with Gasteiger partial charge in [0.2, 0.25) is 5.95 Å². The number of rotatable bonds is 5. The molecule has 1 aliphatic rings. The minimum atomic E-state index is 0.501. The summed E-state index contributed by atoms with van der Waals surface area (Å²) in [6.07, 6.45) is 2.36. The van der Waals surface area contributed by atoms with E-state index in [1.165, 1.54) is 35.2 Å². The Balaban J connectivity index is 1.56. The molecule has 0 amide bonds. The Morgan fingerprint density at radius 2 is 1.86 bits per heavy atom. The molecule has 0 unspecified atom stereocenters. The minimum Gasteiger partial charge on any atom is -0.383 e. The molecule has 0 saturated heterocycles. The molecule has 1 saturated carbocycles. The molecule has 5 nitrogen and oxygen atoms in total. The highest BCUT2D eigenvalue weighted by molar-refractivity contribution is 6.10. The fourth-order valence-corrected chi connectivity index (χ4v) is 4.00. The molecule has 2 aromatic heterocycles. The zero-order valence-electron chi connectivity index (χ0n) is 17.2. The highest BCUT2D eigenvalue weighted by Crippen LogP contribution is 2.32. The van der Waals surface area contributed by atoms with Crippen molar-refractivity contribution in [1.29, 1.82) is 0 Å². The van der Waals surface area contributed by atoms with Gasteiger partial charge < -0.3 is 15.6 Å². The van der Waals surface area contributed by atoms with E-state index in [-0.39, 0.29) is 0 Å². The van der Waals surface area contributed by atoms with Gasteiger partial charge in [-0.25, -0.2) is 4.98 Å². The van der Waals surface area contributed by atoms with Crippen LogP contribution in [-0.2, 0) is 6.54 Å². The van der Waals surface area contributed by atoms with Crippen LogP contribution in [0.15, 0.2) is 42.5 Å². The summed E-state index contributed by atoms with van der Waals surface area (Å²) in [6.45, 7) is 7.43. The number of fused-ring (bicyclic) bond motifs is 3. The van der Waals surface area contributed by atoms with Crippen molar-refractivity contribution in [1.82, 2.24) is 14.5 Å². The van der Waals surface area contributed by atoms with Crippen LogP contribution >= 0.6 is 0 Å². The molecule has 148 valence electrons. The number of benzene rings is 2. The van der Waals surface area contributed by atoms with E-state index in [0.717, 1.165) is 22.8 Å². The van der Waals surface area contributed by atoms with Crippen molar-refractivity contribution in [3.63, 3.8) is 0 Å². The van der Waals surface area contributed by atoms with Gasteiger partial charge in [-0.05, 0) is 55.0 Å². The van der Waals surface area contributed by atoms with E-state index >= 15 is 0 Å². The molecule has 5 heteroatoms. The molecule has 0 spiro atoms. The Kier molecular flexibility index (Phi) is 4.19. The summed E-state index contributed by atoms with van der Waals surface area (Å²) in [4.78, 5) is 9.23. The van der Waals surface area contributed by atoms with Gasteiger partial charge in [-0.3, -0.25) is 0 Å². The number of nitrogens with one attached hydrogen (secondary N) is 1. The smallest absolute Gasteiger partial charge is 0.225 e. The predicted octanol–water partition coefficient (Wildman–Crippen LogP) is 5.22. The van der Waals surface area contributed by atoms with Crippen LogP contribution in [0.4, 0.5) is 11.8 Å². The quantitative estimate of drug-likeness (QED) is 0.494. The highest BCUT2D eigenvalue weighted by Gasteiger charge is 2.22. The first-order chi connectivity index (χ1) is 14.0. The molecule has 2 heterocycles. The second-order valence-corrected chi connectivity index (χ2v) is 8.51. The second-order valence-electron chi connectivity index (χ2n) is 8.51. The molecule has 1 aliphatic carbocycles. The molecule has 2 aromatic carbocycles. The van der Waals surface area contributed by atoms with Crippen LogP contribution in [0.3, 0.4) is 0 Å². The summed E-state index contributed by atoms with van der Waals surface area (Å²) in [7, 11) is 0. The van der Waals surface area contributed by atoms with E-state index in [4.69, 9.17) is 10.7 Å². The van der Waals surface area contributed by atoms with Crippen LogP contribution in [0, 0.1) is 6.92 Å². The van der Waals surface area contributed by atoms with Gasteiger partial charge in [0, 0.05) is 29.2 Å². The maximum atomic E-state index is 6.38. The van der Waals surface area contributed by atoms with E-state index in [1.807, 2.05) is 0 Å². The van der Waals surface area contributed by atoms with Crippen molar-refractivity contribution in [2.24, 2.45) is 0 Å².